The van der Waals surface area contributed by atoms with Crippen molar-refractivity contribution in [1.29, 1.82) is 0 Å². The molecule has 21 heavy (non-hydrogen) atoms. The average Bonchev–Trinajstić information content (AvgIpc) is 3.09. The zero-order chi connectivity index (χ0) is 14.7. The van der Waals surface area contributed by atoms with Gasteiger partial charge < -0.3 is 9.73 Å². The highest BCUT2D eigenvalue weighted by molar-refractivity contribution is 9.11. The van der Waals surface area contributed by atoms with Gasteiger partial charge in [-0.05, 0) is 67.0 Å². The van der Waals surface area contributed by atoms with Gasteiger partial charge in [-0.25, -0.2) is 0 Å². The molecule has 0 amide bonds. The van der Waals surface area contributed by atoms with Crippen molar-refractivity contribution in [2.24, 2.45) is 5.92 Å². The van der Waals surface area contributed by atoms with E-state index >= 15 is 0 Å². The van der Waals surface area contributed by atoms with Crippen LogP contribution in [0.25, 0.3) is 10.8 Å². The second kappa shape index (κ2) is 7.00. The molecular formula is C14H19BrN4OS. The van der Waals surface area contributed by atoms with E-state index in [9.17, 15) is 0 Å². The Kier molecular flexibility index (Phi) is 5.05. The van der Waals surface area contributed by atoms with Crippen LogP contribution in [-0.4, -0.2) is 41.8 Å². The molecule has 0 unspecified atom stereocenters. The summed E-state index contributed by atoms with van der Waals surface area (Å²) in [5.41, 5.74) is 0. The summed E-state index contributed by atoms with van der Waals surface area (Å²) in [6, 6.07) is 3.98. The highest BCUT2D eigenvalue weighted by Gasteiger charge is 2.17. The summed E-state index contributed by atoms with van der Waals surface area (Å²) in [5, 5.41) is 11.7. The third-order valence-electron chi connectivity index (χ3n) is 3.68. The molecule has 0 atom stereocenters. The number of rotatable bonds is 5. The second-order valence-electron chi connectivity index (χ2n) is 5.49. The molecule has 0 radical (unpaired) electrons. The van der Waals surface area contributed by atoms with Gasteiger partial charge in [-0.2, -0.15) is 0 Å². The molecular weight excluding hydrogens is 352 g/mol. The van der Waals surface area contributed by atoms with E-state index in [2.05, 4.69) is 43.4 Å². The first-order chi connectivity index (χ1) is 10.2. The van der Waals surface area contributed by atoms with E-state index in [1.165, 1.54) is 12.8 Å². The molecule has 1 N–H and O–H groups in total. The molecule has 3 heterocycles. The topological polar surface area (TPSA) is 54.2 Å². The first kappa shape index (κ1) is 15.1. The van der Waals surface area contributed by atoms with Gasteiger partial charge in [0, 0.05) is 6.54 Å². The Bertz CT molecular complexity index is 579. The van der Waals surface area contributed by atoms with Crippen molar-refractivity contribution in [3.8, 4) is 10.8 Å². The van der Waals surface area contributed by atoms with E-state index in [0.717, 1.165) is 34.2 Å². The van der Waals surface area contributed by atoms with Crippen LogP contribution in [-0.2, 0) is 6.54 Å². The minimum absolute atomic E-state index is 0.607. The van der Waals surface area contributed by atoms with Crippen LogP contribution >= 0.6 is 27.3 Å². The zero-order valence-electron chi connectivity index (χ0n) is 12.0. The molecule has 0 bridgehead atoms. The van der Waals surface area contributed by atoms with Crippen LogP contribution < -0.4 is 5.32 Å². The highest BCUT2D eigenvalue weighted by atomic mass is 79.9. The summed E-state index contributed by atoms with van der Waals surface area (Å²) < 4.78 is 6.83. The molecule has 1 fully saturated rings. The number of hydrogen-bond donors (Lipinski definition) is 1. The fraction of sp³-hybridized carbons (Fsp3) is 0.571. The number of piperidine rings is 1. The average molecular weight is 371 g/mol. The normalized spacial score (nSPS) is 16.7. The molecule has 0 aromatic carbocycles. The molecule has 2 aromatic heterocycles. The third-order valence-corrected chi connectivity index (χ3v) is 5.30. The Morgan fingerprint density at radius 2 is 2.19 bits per heavy atom. The number of nitrogens with one attached hydrogen (secondary N) is 1. The van der Waals surface area contributed by atoms with E-state index in [1.807, 2.05) is 12.1 Å². The van der Waals surface area contributed by atoms with E-state index < -0.39 is 0 Å². The molecule has 0 saturated carbocycles. The van der Waals surface area contributed by atoms with Gasteiger partial charge in [-0.1, -0.05) is 0 Å². The summed E-state index contributed by atoms with van der Waals surface area (Å²) in [4.78, 5) is 3.28. The van der Waals surface area contributed by atoms with Gasteiger partial charge in [-0.15, -0.1) is 21.5 Å². The predicted molar refractivity (Wildman–Crippen MR) is 87.2 cm³/mol. The number of halogens is 1. The van der Waals surface area contributed by atoms with E-state index in [0.29, 0.717) is 18.3 Å². The Labute approximate surface area is 136 Å². The lowest BCUT2D eigenvalue weighted by atomic mass is 9.98. The van der Waals surface area contributed by atoms with Gasteiger partial charge in [0.1, 0.15) is 0 Å². The number of aromatic nitrogens is 2. The predicted octanol–water partition coefficient (Wildman–Crippen LogP) is 2.99. The van der Waals surface area contributed by atoms with E-state index in [-0.39, 0.29) is 0 Å². The molecule has 5 nitrogen and oxygen atoms in total. The fourth-order valence-corrected chi connectivity index (χ4v) is 3.95. The summed E-state index contributed by atoms with van der Waals surface area (Å²) in [5.74, 6) is 2.06. The van der Waals surface area contributed by atoms with Crippen LogP contribution in [0.5, 0.6) is 0 Å². The Balaban J connectivity index is 1.56. The third kappa shape index (κ3) is 4.12. The molecule has 0 aliphatic carbocycles. The van der Waals surface area contributed by atoms with Crippen LogP contribution in [0.3, 0.4) is 0 Å². The lowest BCUT2D eigenvalue weighted by Crippen LogP contribution is -2.34. The smallest absolute Gasteiger partial charge is 0.257 e. The van der Waals surface area contributed by atoms with Gasteiger partial charge in [0.15, 0.2) is 0 Å². The minimum atomic E-state index is 0.607. The van der Waals surface area contributed by atoms with Crippen LogP contribution in [0.4, 0.5) is 0 Å². The summed E-state index contributed by atoms with van der Waals surface area (Å²) in [7, 11) is 2.12. The standard InChI is InChI=1S/C14H19BrN4OS/c1-19(8-10-4-6-16-7-5-10)9-13-17-18-14(20-13)11-2-3-12(15)21-11/h2-3,10,16H,4-9H2,1H3. The zero-order valence-corrected chi connectivity index (χ0v) is 14.4. The van der Waals surface area contributed by atoms with Gasteiger partial charge >= 0.3 is 0 Å². The molecule has 1 aliphatic heterocycles. The Morgan fingerprint density at radius 1 is 1.38 bits per heavy atom. The van der Waals surface area contributed by atoms with E-state index in [4.69, 9.17) is 4.42 Å². The lowest BCUT2D eigenvalue weighted by Gasteiger charge is -2.26. The first-order valence-electron chi connectivity index (χ1n) is 7.18. The van der Waals surface area contributed by atoms with Crippen molar-refractivity contribution in [1.82, 2.24) is 20.4 Å². The second-order valence-corrected chi connectivity index (χ2v) is 7.96. The maximum atomic E-state index is 5.76. The maximum Gasteiger partial charge on any atom is 0.257 e. The van der Waals surface area contributed by atoms with Crippen molar-refractivity contribution >= 4 is 27.3 Å². The van der Waals surface area contributed by atoms with Crippen LogP contribution in [0.2, 0.25) is 0 Å². The van der Waals surface area contributed by atoms with Crippen molar-refractivity contribution in [2.45, 2.75) is 19.4 Å². The lowest BCUT2D eigenvalue weighted by molar-refractivity contribution is 0.219. The molecule has 1 aliphatic rings. The van der Waals surface area contributed by atoms with Gasteiger partial charge in [-0.3, -0.25) is 4.90 Å². The Hall–Kier alpha value is -0.760. The molecule has 1 saturated heterocycles. The number of nitrogens with zero attached hydrogens (tertiary/aromatic N) is 3. The number of thiophene rings is 1. The van der Waals surface area contributed by atoms with Crippen LogP contribution in [0.15, 0.2) is 20.3 Å². The monoisotopic (exact) mass is 370 g/mol. The van der Waals surface area contributed by atoms with Crippen LogP contribution in [0, 0.1) is 5.92 Å². The molecule has 3 rings (SSSR count). The largest absolute Gasteiger partial charge is 0.419 e. The van der Waals surface area contributed by atoms with Crippen LogP contribution in [0.1, 0.15) is 18.7 Å². The maximum absolute atomic E-state index is 5.76. The number of hydrogen-bond acceptors (Lipinski definition) is 6. The molecule has 114 valence electrons. The molecule has 2 aromatic rings. The molecule has 0 spiro atoms. The Morgan fingerprint density at radius 3 is 2.90 bits per heavy atom. The minimum Gasteiger partial charge on any atom is -0.419 e. The van der Waals surface area contributed by atoms with Gasteiger partial charge in [0.25, 0.3) is 5.89 Å². The summed E-state index contributed by atoms with van der Waals surface area (Å²) in [6.07, 6.45) is 2.51. The van der Waals surface area contributed by atoms with Gasteiger partial charge in [0.05, 0.1) is 15.2 Å². The highest BCUT2D eigenvalue weighted by Crippen LogP contribution is 2.30. The van der Waals surface area contributed by atoms with Crippen molar-refractivity contribution in [2.75, 3.05) is 26.7 Å². The summed E-state index contributed by atoms with van der Waals surface area (Å²) in [6.45, 7) is 4.07. The van der Waals surface area contributed by atoms with Crippen molar-refractivity contribution in [3.63, 3.8) is 0 Å². The van der Waals surface area contributed by atoms with E-state index in [1.54, 1.807) is 11.3 Å². The summed E-state index contributed by atoms with van der Waals surface area (Å²) >= 11 is 5.05. The van der Waals surface area contributed by atoms with Crippen molar-refractivity contribution < 1.29 is 4.42 Å². The first-order valence-corrected chi connectivity index (χ1v) is 8.79. The fourth-order valence-electron chi connectivity index (χ4n) is 2.65. The van der Waals surface area contributed by atoms with Gasteiger partial charge in [0.2, 0.25) is 5.89 Å². The molecule has 7 heteroatoms. The SMILES string of the molecule is CN(Cc1nnc(-c2ccc(Br)s2)o1)CC1CCNCC1. The van der Waals surface area contributed by atoms with Crippen molar-refractivity contribution in [3.05, 3.63) is 21.8 Å². The quantitative estimate of drug-likeness (QED) is 0.876.